The van der Waals surface area contributed by atoms with Gasteiger partial charge in [0.2, 0.25) is 5.91 Å². The van der Waals surface area contributed by atoms with Crippen LogP contribution in [0.5, 0.6) is 0 Å². The number of carbonyl (C=O) groups excluding carboxylic acids is 1. The predicted octanol–water partition coefficient (Wildman–Crippen LogP) is 0.791. The minimum Gasteiger partial charge on any atom is -0.348 e. The molecule has 0 aliphatic carbocycles. The van der Waals surface area contributed by atoms with Crippen LogP contribution in [0.1, 0.15) is 13.8 Å². The normalized spacial score (nSPS) is 15.2. The topological polar surface area (TPSA) is 46.3 Å². The van der Waals surface area contributed by atoms with Gasteiger partial charge in [0.1, 0.15) is 0 Å². The Kier molecular flexibility index (Phi) is 6.16. The van der Waals surface area contributed by atoms with E-state index in [1.165, 1.54) is 0 Å². The Bertz CT molecular complexity index is 162. The number of thioether (sulfide) groups is 1. The van der Waals surface area contributed by atoms with Gasteiger partial charge in [0, 0.05) is 14.1 Å². The van der Waals surface area contributed by atoms with E-state index in [4.69, 9.17) is 5.73 Å². The number of carbonyl (C=O) groups is 1. The smallest absolute Gasteiger partial charge is 0.234 e. The van der Waals surface area contributed by atoms with Gasteiger partial charge in [-0.3, -0.25) is 4.79 Å². The third kappa shape index (κ3) is 5.16. The molecular formula is C9H20N2OS. The number of hydrogen-bond acceptors (Lipinski definition) is 3. The van der Waals surface area contributed by atoms with Gasteiger partial charge >= 0.3 is 0 Å². The molecule has 0 bridgehead atoms. The number of nitrogens with two attached hydrogens (primary N) is 1. The Balaban J connectivity index is 3.74. The van der Waals surface area contributed by atoms with E-state index in [-0.39, 0.29) is 11.2 Å². The Hall–Kier alpha value is -0.220. The molecule has 0 aromatic carbocycles. The molecule has 4 heteroatoms. The average Bonchev–Trinajstić information content (AvgIpc) is 2.11. The van der Waals surface area contributed by atoms with Gasteiger partial charge < -0.3 is 10.6 Å². The predicted molar refractivity (Wildman–Crippen MR) is 58.8 cm³/mol. The summed E-state index contributed by atoms with van der Waals surface area (Å²) < 4.78 is 0. The van der Waals surface area contributed by atoms with Gasteiger partial charge in [0.25, 0.3) is 0 Å². The highest BCUT2D eigenvalue weighted by Gasteiger charge is 2.15. The summed E-state index contributed by atoms with van der Waals surface area (Å²) in [6.45, 7) is 4.73. The van der Waals surface area contributed by atoms with Crippen molar-refractivity contribution in [3.63, 3.8) is 0 Å². The molecule has 78 valence electrons. The largest absolute Gasteiger partial charge is 0.348 e. The summed E-state index contributed by atoms with van der Waals surface area (Å²) in [5.41, 5.74) is 5.49. The lowest BCUT2D eigenvalue weighted by Crippen LogP contribution is -2.30. The molecule has 0 radical (unpaired) electrons. The fraction of sp³-hybridized carbons (Fsp3) is 0.889. The zero-order chi connectivity index (χ0) is 10.4. The van der Waals surface area contributed by atoms with E-state index in [1.54, 1.807) is 30.8 Å². The third-order valence-electron chi connectivity index (χ3n) is 1.82. The van der Waals surface area contributed by atoms with E-state index in [0.717, 1.165) is 5.75 Å². The highest BCUT2D eigenvalue weighted by atomic mass is 32.2. The van der Waals surface area contributed by atoms with Gasteiger partial charge in [-0.05, 0) is 25.1 Å². The minimum atomic E-state index is 0.0454. The van der Waals surface area contributed by atoms with Gasteiger partial charge in [0.05, 0.1) is 5.25 Å². The summed E-state index contributed by atoms with van der Waals surface area (Å²) >= 11 is 1.67. The van der Waals surface area contributed by atoms with Crippen LogP contribution in [0.15, 0.2) is 0 Å². The summed E-state index contributed by atoms with van der Waals surface area (Å²) in [6.07, 6.45) is 0. The highest BCUT2D eigenvalue weighted by molar-refractivity contribution is 8.00. The van der Waals surface area contributed by atoms with Crippen LogP contribution >= 0.6 is 11.8 Å². The lowest BCUT2D eigenvalue weighted by molar-refractivity contribution is -0.127. The standard InChI is InChI=1S/C9H20N2OS/c1-7(5-10)6-13-8(2)9(12)11(3)4/h7-8H,5-6,10H2,1-4H3. The molecule has 2 atom stereocenters. The fourth-order valence-corrected chi connectivity index (χ4v) is 1.92. The molecule has 0 spiro atoms. The Morgan fingerprint density at radius 1 is 1.46 bits per heavy atom. The van der Waals surface area contributed by atoms with Crippen LogP contribution in [-0.4, -0.2) is 42.4 Å². The van der Waals surface area contributed by atoms with E-state index < -0.39 is 0 Å². The van der Waals surface area contributed by atoms with Crippen LogP contribution in [0.25, 0.3) is 0 Å². The molecule has 0 fully saturated rings. The summed E-state index contributed by atoms with van der Waals surface area (Å²) in [5, 5.41) is 0.0454. The van der Waals surface area contributed by atoms with Crippen molar-refractivity contribution in [3.05, 3.63) is 0 Å². The van der Waals surface area contributed by atoms with Crippen LogP contribution in [-0.2, 0) is 4.79 Å². The summed E-state index contributed by atoms with van der Waals surface area (Å²) in [7, 11) is 3.57. The first kappa shape index (κ1) is 12.8. The molecule has 3 nitrogen and oxygen atoms in total. The van der Waals surface area contributed by atoms with Crippen molar-refractivity contribution in [1.82, 2.24) is 4.90 Å². The van der Waals surface area contributed by atoms with Gasteiger partial charge in [0.15, 0.2) is 0 Å². The molecule has 0 aromatic rings. The molecule has 13 heavy (non-hydrogen) atoms. The fourth-order valence-electron chi connectivity index (χ4n) is 0.812. The van der Waals surface area contributed by atoms with E-state index in [1.807, 2.05) is 6.92 Å². The van der Waals surface area contributed by atoms with Crippen LogP contribution in [0.2, 0.25) is 0 Å². The second-order valence-electron chi connectivity index (χ2n) is 3.55. The lowest BCUT2D eigenvalue weighted by Gasteiger charge is -2.17. The van der Waals surface area contributed by atoms with E-state index in [2.05, 4.69) is 6.92 Å². The zero-order valence-corrected chi connectivity index (χ0v) is 9.73. The minimum absolute atomic E-state index is 0.0454. The van der Waals surface area contributed by atoms with Gasteiger partial charge in [-0.25, -0.2) is 0 Å². The van der Waals surface area contributed by atoms with Crippen LogP contribution in [0, 0.1) is 5.92 Å². The van der Waals surface area contributed by atoms with Crippen molar-refractivity contribution >= 4 is 17.7 Å². The Labute approximate surface area is 85.0 Å². The van der Waals surface area contributed by atoms with Crippen LogP contribution in [0.4, 0.5) is 0 Å². The third-order valence-corrected chi connectivity index (χ3v) is 3.28. The average molecular weight is 204 g/mol. The molecule has 0 aromatic heterocycles. The second kappa shape index (κ2) is 6.27. The molecular weight excluding hydrogens is 184 g/mol. The van der Waals surface area contributed by atoms with Crippen molar-refractivity contribution in [3.8, 4) is 0 Å². The number of hydrogen-bond donors (Lipinski definition) is 1. The van der Waals surface area contributed by atoms with Crippen molar-refractivity contribution in [2.24, 2.45) is 11.7 Å². The summed E-state index contributed by atoms with van der Waals surface area (Å²) in [6, 6.07) is 0. The SMILES string of the molecule is CC(CN)CSC(C)C(=O)N(C)C. The van der Waals surface area contributed by atoms with Crippen molar-refractivity contribution in [1.29, 1.82) is 0 Å². The monoisotopic (exact) mass is 204 g/mol. The van der Waals surface area contributed by atoms with E-state index >= 15 is 0 Å². The molecule has 2 unspecified atom stereocenters. The maximum atomic E-state index is 11.4. The maximum absolute atomic E-state index is 11.4. The molecule has 0 saturated heterocycles. The Morgan fingerprint density at radius 2 is 2.00 bits per heavy atom. The molecule has 0 heterocycles. The number of nitrogens with zero attached hydrogens (tertiary/aromatic N) is 1. The molecule has 1 amide bonds. The summed E-state index contributed by atoms with van der Waals surface area (Å²) in [5.74, 6) is 1.62. The quantitative estimate of drug-likeness (QED) is 0.720. The zero-order valence-electron chi connectivity index (χ0n) is 8.91. The first-order valence-corrected chi connectivity index (χ1v) is 5.56. The van der Waals surface area contributed by atoms with E-state index in [0.29, 0.717) is 12.5 Å². The maximum Gasteiger partial charge on any atom is 0.234 e. The van der Waals surface area contributed by atoms with Gasteiger partial charge in [-0.15, -0.1) is 11.8 Å². The van der Waals surface area contributed by atoms with Crippen LogP contribution < -0.4 is 5.73 Å². The second-order valence-corrected chi connectivity index (χ2v) is 4.92. The van der Waals surface area contributed by atoms with Gasteiger partial charge in [-0.2, -0.15) is 0 Å². The molecule has 0 aliphatic rings. The van der Waals surface area contributed by atoms with Gasteiger partial charge in [-0.1, -0.05) is 6.92 Å². The molecule has 0 aliphatic heterocycles. The van der Waals surface area contributed by atoms with Crippen LogP contribution in [0.3, 0.4) is 0 Å². The molecule has 2 N–H and O–H groups in total. The Morgan fingerprint density at radius 3 is 2.38 bits per heavy atom. The first-order chi connectivity index (χ1) is 5.99. The highest BCUT2D eigenvalue weighted by Crippen LogP contribution is 2.15. The van der Waals surface area contributed by atoms with Crippen molar-refractivity contribution in [2.75, 3.05) is 26.4 Å². The molecule has 0 rings (SSSR count). The number of amides is 1. The van der Waals surface area contributed by atoms with E-state index in [9.17, 15) is 4.79 Å². The van der Waals surface area contributed by atoms with Crippen molar-refractivity contribution < 1.29 is 4.79 Å². The lowest BCUT2D eigenvalue weighted by atomic mass is 10.2. The number of rotatable bonds is 5. The first-order valence-electron chi connectivity index (χ1n) is 4.51. The van der Waals surface area contributed by atoms with Crippen molar-refractivity contribution in [2.45, 2.75) is 19.1 Å². The summed E-state index contributed by atoms with van der Waals surface area (Å²) in [4.78, 5) is 13.0. The molecule has 0 saturated carbocycles.